The summed E-state index contributed by atoms with van der Waals surface area (Å²) < 4.78 is 0.352. The zero-order valence-electron chi connectivity index (χ0n) is 6.97. The van der Waals surface area contributed by atoms with Gasteiger partial charge in [0.25, 0.3) is 0 Å². The highest BCUT2D eigenvalue weighted by Gasteiger charge is 2.14. The first-order valence-electron chi connectivity index (χ1n) is 4.17. The van der Waals surface area contributed by atoms with E-state index in [1.54, 1.807) is 0 Å². The maximum Gasteiger partial charge on any atom is 0.104 e. The highest BCUT2D eigenvalue weighted by Crippen LogP contribution is 2.10. The van der Waals surface area contributed by atoms with Crippen molar-refractivity contribution in [2.45, 2.75) is 18.9 Å². The van der Waals surface area contributed by atoms with E-state index < -0.39 is 0 Å². The Hall–Kier alpha value is 0.240. The first-order chi connectivity index (χ1) is 5.68. The molecular formula is C8H14Cl2N2. The molecule has 0 unspecified atom stereocenters. The molecule has 0 amide bonds. The summed E-state index contributed by atoms with van der Waals surface area (Å²) in [5.74, 6) is 0. The van der Waals surface area contributed by atoms with E-state index in [0.717, 1.165) is 32.5 Å². The highest BCUT2D eigenvalue weighted by atomic mass is 35.5. The van der Waals surface area contributed by atoms with Crippen LogP contribution in [0.4, 0.5) is 0 Å². The summed E-state index contributed by atoms with van der Waals surface area (Å²) in [5, 5.41) is 0. The molecule has 1 fully saturated rings. The molecule has 0 aromatic carbocycles. The molecule has 0 radical (unpaired) electrons. The van der Waals surface area contributed by atoms with Gasteiger partial charge in [0.15, 0.2) is 0 Å². The number of piperidine rings is 1. The highest BCUT2D eigenvalue weighted by molar-refractivity contribution is 6.55. The van der Waals surface area contributed by atoms with Gasteiger partial charge in [0.2, 0.25) is 0 Å². The lowest BCUT2D eigenvalue weighted by Crippen LogP contribution is -2.39. The Balaban J connectivity index is 2.22. The molecule has 1 aliphatic heterocycles. The lowest BCUT2D eigenvalue weighted by atomic mass is 10.1. The summed E-state index contributed by atoms with van der Waals surface area (Å²) in [4.78, 5) is 2.30. The molecule has 0 atom stereocenters. The number of nitrogens with zero attached hydrogens (tertiary/aromatic N) is 1. The molecule has 0 aromatic rings. The Kier molecular flexibility index (Phi) is 4.36. The Bertz CT molecular complexity index is 158. The summed E-state index contributed by atoms with van der Waals surface area (Å²) in [6.45, 7) is 2.95. The van der Waals surface area contributed by atoms with Crippen molar-refractivity contribution in [3.05, 3.63) is 10.6 Å². The Morgan fingerprint density at radius 1 is 1.42 bits per heavy atom. The average molecular weight is 209 g/mol. The number of hydrogen-bond donors (Lipinski definition) is 1. The SMILES string of the molecule is NC1CCN(CC=C(Cl)Cl)CC1. The molecule has 1 saturated heterocycles. The Labute approximate surface area is 83.3 Å². The van der Waals surface area contributed by atoms with Gasteiger partial charge in [-0.3, -0.25) is 4.90 Å². The normalized spacial score (nSPS) is 20.9. The van der Waals surface area contributed by atoms with Crippen LogP contribution in [0.25, 0.3) is 0 Å². The fourth-order valence-corrected chi connectivity index (χ4v) is 1.47. The van der Waals surface area contributed by atoms with Crippen molar-refractivity contribution in [3.63, 3.8) is 0 Å². The summed E-state index contributed by atoms with van der Waals surface area (Å²) in [5.41, 5.74) is 5.76. The van der Waals surface area contributed by atoms with Crippen molar-refractivity contribution in [1.82, 2.24) is 4.90 Å². The fraction of sp³-hybridized carbons (Fsp3) is 0.750. The number of rotatable bonds is 2. The minimum atomic E-state index is 0.352. The Morgan fingerprint density at radius 3 is 2.50 bits per heavy atom. The zero-order chi connectivity index (χ0) is 8.97. The first kappa shape index (κ1) is 10.3. The van der Waals surface area contributed by atoms with Gasteiger partial charge < -0.3 is 5.73 Å². The summed E-state index contributed by atoms with van der Waals surface area (Å²) in [6.07, 6.45) is 3.97. The number of hydrogen-bond acceptors (Lipinski definition) is 2. The number of likely N-dealkylation sites (tertiary alicyclic amines) is 1. The minimum absolute atomic E-state index is 0.352. The first-order valence-corrected chi connectivity index (χ1v) is 4.93. The van der Waals surface area contributed by atoms with E-state index in [1.165, 1.54) is 0 Å². The second kappa shape index (κ2) is 5.07. The van der Waals surface area contributed by atoms with Crippen LogP contribution in [0.3, 0.4) is 0 Å². The van der Waals surface area contributed by atoms with Crippen molar-refractivity contribution >= 4 is 23.2 Å². The van der Waals surface area contributed by atoms with E-state index in [2.05, 4.69) is 4.90 Å². The molecule has 2 N–H and O–H groups in total. The topological polar surface area (TPSA) is 29.3 Å². The number of halogens is 2. The van der Waals surface area contributed by atoms with Gasteiger partial charge in [0.1, 0.15) is 4.49 Å². The largest absolute Gasteiger partial charge is 0.328 e. The molecule has 70 valence electrons. The maximum absolute atomic E-state index is 5.76. The predicted octanol–water partition coefficient (Wildman–Crippen LogP) is 1.73. The molecule has 1 heterocycles. The van der Waals surface area contributed by atoms with Gasteiger partial charge in [-0.15, -0.1) is 0 Å². The summed E-state index contributed by atoms with van der Waals surface area (Å²) >= 11 is 11.0. The van der Waals surface area contributed by atoms with Crippen LogP contribution in [-0.2, 0) is 0 Å². The zero-order valence-corrected chi connectivity index (χ0v) is 8.48. The molecule has 0 aliphatic carbocycles. The van der Waals surface area contributed by atoms with Gasteiger partial charge in [0.05, 0.1) is 0 Å². The third kappa shape index (κ3) is 3.76. The fourth-order valence-electron chi connectivity index (χ4n) is 1.33. The standard InChI is InChI=1S/C8H14Cl2N2/c9-8(10)3-6-12-4-1-7(11)2-5-12/h3,7H,1-2,4-6,11H2. The Morgan fingerprint density at radius 2 is 2.00 bits per heavy atom. The third-order valence-electron chi connectivity index (χ3n) is 2.14. The van der Waals surface area contributed by atoms with Gasteiger partial charge in [-0.2, -0.15) is 0 Å². The van der Waals surface area contributed by atoms with Gasteiger partial charge in [-0.05, 0) is 32.0 Å². The van der Waals surface area contributed by atoms with Crippen LogP contribution >= 0.6 is 23.2 Å². The van der Waals surface area contributed by atoms with Gasteiger partial charge in [-0.1, -0.05) is 23.2 Å². The van der Waals surface area contributed by atoms with E-state index >= 15 is 0 Å². The molecular weight excluding hydrogens is 195 g/mol. The van der Waals surface area contributed by atoms with Crippen LogP contribution in [0.5, 0.6) is 0 Å². The monoisotopic (exact) mass is 208 g/mol. The predicted molar refractivity (Wildman–Crippen MR) is 53.4 cm³/mol. The van der Waals surface area contributed by atoms with Crippen LogP contribution < -0.4 is 5.73 Å². The molecule has 12 heavy (non-hydrogen) atoms. The molecule has 1 rings (SSSR count). The molecule has 4 heteroatoms. The quantitative estimate of drug-likeness (QED) is 0.750. The van der Waals surface area contributed by atoms with Crippen LogP contribution in [0, 0.1) is 0 Å². The lowest BCUT2D eigenvalue weighted by molar-refractivity contribution is 0.233. The van der Waals surface area contributed by atoms with Crippen molar-refractivity contribution in [1.29, 1.82) is 0 Å². The van der Waals surface area contributed by atoms with E-state index in [9.17, 15) is 0 Å². The van der Waals surface area contributed by atoms with E-state index in [-0.39, 0.29) is 0 Å². The van der Waals surface area contributed by atoms with Crippen molar-refractivity contribution in [2.75, 3.05) is 19.6 Å². The van der Waals surface area contributed by atoms with Gasteiger partial charge in [0, 0.05) is 12.6 Å². The van der Waals surface area contributed by atoms with Crippen LogP contribution in [0.1, 0.15) is 12.8 Å². The van der Waals surface area contributed by atoms with E-state index in [4.69, 9.17) is 28.9 Å². The smallest absolute Gasteiger partial charge is 0.104 e. The van der Waals surface area contributed by atoms with Gasteiger partial charge >= 0.3 is 0 Å². The summed E-state index contributed by atoms with van der Waals surface area (Å²) in [7, 11) is 0. The van der Waals surface area contributed by atoms with E-state index in [0.29, 0.717) is 10.5 Å². The maximum atomic E-state index is 5.76. The molecule has 0 aromatic heterocycles. The van der Waals surface area contributed by atoms with E-state index in [1.807, 2.05) is 6.08 Å². The van der Waals surface area contributed by atoms with Crippen molar-refractivity contribution < 1.29 is 0 Å². The minimum Gasteiger partial charge on any atom is -0.328 e. The average Bonchev–Trinajstić information content (AvgIpc) is 2.03. The third-order valence-corrected chi connectivity index (χ3v) is 2.44. The van der Waals surface area contributed by atoms with Crippen LogP contribution in [0.15, 0.2) is 10.6 Å². The van der Waals surface area contributed by atoms with Crippen LogP contribution in [0.2, 0.25) is 0 Å². The summed E-state index contributed by atoms with van der Waals surface area (Å²) in [6, 6.07) is 0.386. The second-order valence-corrected chi connectivity index (χ2v) is 4.14. The van der Waals surface area contributed by atoms with Gasteiger partial charge in [-0.25, -0.2) is 0 Å². The molecule has 0 spiro atoms. The number of nitrogens with two attached hydrogens (primary N) is 1. The molecule has 1 aliphatic rings. The molecule has 2 nitrogen and oxygen atoms in total. The van der Waals surface area contributed by atoms with Crippen LogP contribution in [-0.4, -0.2) is 30.6 Å². The van der Waals surface area contributed by atoms with Crippen molar-refractivity contribution in [2.24, 2.45) is 5.73 Å². The molecule has 0 bridgehead atoms. The molecule has 0 saturated carbocycles. The second-order valence-electron chi connectivity index (χ2n) is 3.13. The lowest BCUT2D eigenvalue weighted by Gasteiger charge is -2.28. The van der Waals surface area contributed by atoms with Crippen molar-refractivity contribution in [3.8, 4) is 0 Å².